The molecule has 32 heteroatoms. The lowest BCUT2D eigenvalue weighted by Gasteiger charge is -2.13. The first-order valence-corrected chi connectivity index (χ1v) is 26.9. The number of phenols is 1. The lowest BCUT2D eigenvalue weighted by atomic mass is 10.1. The van der Waals surface area contributed by atoms with E-state index in [0.717, 1.165) is 35.2 Å². The molecule has 0 amide bonds. The Balaban J connectivity index is 1.30. The van der Waals surface area contributed by atoms with Gasteiger partial charge in [0.1, 0.15) is 44.2 Å². The fourth-order valence-corrected chi connectivity index (χ4v) is 11.0. The molecule has 0 saturated carbocycles. The first-order valence-electron chi connectivity index (χ1n) is 19.0. The van der Waals surface area contributed by atoms with E-state index in [1.54, 1.807) is 24.3 Å². The molecule has 69 heavy (non-hydrogen) atoms. The van der Waals surface area contributed by atoms with E-state index >= 15 is 0 Å². The van der Waals surface area contributed by atoms with Gasteiger partial charge in [-0.25, -0.2) is 4.98 Å². The van der Waals surface area contributed by atoms with Gasteiger partial charge in [0.2, 0.25) is 5.88 Å². The molecule has 3 heterocycles. The molecule has 0 aliphatic carbocycles. The normalized spacial score (nSPS) is 12.9. The minimum absolute atomic E-state index is 0.0160. The van der Waals surface area contributed by atoms with E-state index < -0.39 is 95.5 Å². The average Bonchev–Trinajstić information content (AvgIpc) is 3.87. The smallest absolute Gasteiger partial charge is 0.297 e. The highest BCUT2D eigenvalue weighted by atomic mass is 32.2. The maximum absolute atomic E-state index is 13.0. The Labute approximate surface area is 397 Å². The van der Waals surface area contributed by atoms with E-state index in [1.165, 1.54) is 30.4 Å². The van der Waals surface area contributed by atoms with Crippen LogP contribution in [0.15, 0.2) is 99.4 Å². The van der Waals surface area contributed by atoms with Gasteiger partial charge in [-0.2, -0.15) is 38.9 Å². The lowest BCUT2D eigenvalue weighted by molar-refractivity contribution is 0.317. The fraction of sp³-hybridized carbons (Fsp3) is 0.189. The van der Waals surface area contributed by atoms with Crippen LogP contribution < -0.4 is 4.74 Å². The second-order valence-corrected chi connectivity index (χ2v) is 22.4. The molecule has 0 unspecified atom stereocenters. The molecule has 6 N–H and O–H groups in total. The summed E-state index contributed by atoms with van der Waals surface area (Å²) in [6, 6.07) is 13.7. The molecule has 0 radical (unpaired) electrons. The highest BCUT2D eigenvalue weighted by Gasteiger charge is 2.29. The second-order valence-electron chi connectivity index (χ2n) is 14.3. The van der Waals surface area contributed by atoms with Crippen molar-refractivity contribution in [1.82, 2.24) is 19.6 Å². The Hall–Kier alpha value is -6.67. The van der Waals surface area contributed by atoms with Crippen LogP contribution in [0.3, 0.4) is 0 Å². The van der Waals surface area contributed by atoms with E-state index in [2.05, 4.69) is 45.9 Å². The van der Waals surface area contributed by atoms with Crippen molar-refractivity contribution in [2.75, 3.05) is 23.9 Å². The average molecular weight is 1060 g/mol. The molecule has 7 aromatic rings. The van der Waals surface area contributed by atoms with Gasteiger partial charge >= 0.3 is 0 Å². The van der Waals surface area contributed by atoms with Crippen LogP contribution in [0.1, 0.15) is 23.1 Å². The van der Waals surface area contributed by atoms with Crippen molar-refractivity contribution in [3.05, 3.63) is 71.3 Å². The largest absolute Gasteiger partial charge is 0.505 e. The number of ether oxygens (including phenoxy) is 1. The number of imidazole rings is 1. The first-order chi connectivity index (χ1) is 32.3. The molecule has 26 nitrogen and oxygen atoms in total. The number of aryl methyl sites for hydroxylation is 1. The molecule has 0 saturated heterocycles. The van der Waals surface area contributed by atoms with Gasteiger partial charge in [0.15, 0.2) is 21.4 Å². The molecule has 0 spiro atoms. The predicted molar refractivity (Wildman–Crippen MR) is 246 cm³/mol. The van der Waals surface area contributed by atoms with Crippen LogP contribution in [0.5, 0.6) is 17.4 Å². The van der Waals surface area contributed by atoms with E-state index in [-0.39, 0.29) is 63.5 Å². The van der Waals surface area contributed by atoms with E-state index in [0.29, 0.717) is 27.0 Å². The van der Waals surface area contributed by atoms with E-state index in [1.807, 2.05) is 6.07 Å². The summed E-state index contributed by atoms with van der Waals surface area (Å²) < 4.78 is 143. The number of para-hydroxylation sites is 2. The minimum atomic E-state index is -5.44. The third-order valence-corrected chi connectivity index (χ3v) is 15.1. The van der Waals surface area contributed by atoms with Crippen LogP contribution in [0.2, 0.25) is 0 Å². The van der Waals surface area contributed by atoms with Gasteiger partial charge in [-0.3, -0.25) is 22.6 Å². The molecule has 360 valence electrons. The lowest BCUT2D eigenvalue weighted by Crippen LogP contribution is -2.08. The third-order valence-electron chi connectivity index (χ3n) is 9.55. The fourth-order valence-electron chi connectivity index (χ4n) is 6.47. The predicted octanol–water partition coefficient (Wildman–Crippen LogP) is 7.77. The van der Waals surface area contributed by atoms with Crippen molar-refractivity contribution in [2.45, 2.75) is 34.4 Å². The molecule has 0 fully saturated rings. The zero-order chi connectivity index (χ0) is 50.2. The summed E-state index contributed by atoms with van der Waals surface area (Å²) in [6.07, 6.45) is -0.238. The number of pyridine rings is 1. The van der Waals surface area contributed by atoms with Crippen LogP contribution in [0.4, 0.5) is 33.6 Å². The standard InChI is InChI=1S/C37H31N11O15S6/c1-18-14-26(28(63-10-5-12-66(51,52)53)16-25(18)41-45-36-46-47-37(65-36)64-11-13-67(54,55)56)42-44-31-29(68(57,58)59)15-21-20(32(31)49)8-9-24(33(21)69(60,61)62)40-43-30-19(2)22(17-38)34-39-23-6-3-4-7-27(23)48(34)35(30)50/h3-4,6-9,14-16,49-50H,5,10-13H2,1-2H3,(H,51,52,53)(H,54,55,56)(H,57,58,59)(H,60,61,62). The molecular weight excluding hydrogens is 1030 g/mol. The molecule has 0 atom stereocenters. The molecular formula is C37H31N11O15S6. The molecule has 0 aliphatic heterocycles. The Morgan fingerprint density at radius 1 is 0.768 bits per heavy atom. The van der Waals surface area contributed by atoms with Crippen LogP contribution >= 0.6 is 23.1 Å². The number of hydrogen-bond acceptors (Lipinski definition) is 23. The second kappa shape index (κ2) is 19.4. The maximum atomic E-state index is 13.0. The number of rotatable bonds is 17. The topological polar surface area (TPSA) is 408 Å². The summed E-state index contributed by atoms with van der Waals surface area (Å²) in [4.78, 5) is 2.08. The van der Waals surface area contributed by atoms with E-state index in [9.17, 15) is 62.8 Å². The van der Waals surface area contributed by atoms with Gasteiger partial charge < -0.3 is 14.9 Å². The van der Waals surface area contributed by atoms with Gasteiger partial charge in [-0.1, -0.05) is 35.2 Å². The molecule has 4 aromatic carbocycles. The SMILES string of the molecule is Cc1cc(N=Nc2c(S(=O)(=O)O)cc3c(S(=O)(=O)O)c(N=Nc4c(C)c(C#N)c5nc6ccccc6n5c4O)ccc3c2O)c(OCCCS(=O)(=O)O)cc1N=Nc1nnc(SCCS(=O)(=O)O)s1. The quantitative estimate of drug-likeness (QED) is 0.0219. The molecule has 3 aromatic heterocycles. The Morgan fingerprint density at radius 3 is 2.13 bits per heavy atom. The number of benzene rings is 4. The van der Waals surface area contributed by atoms with Gasteiger partial charge in [-0.15, -0.1) is 40.9 Å². The summed E-state index contributed by atoms with van der Waals surface area (Å²) >= 11 is 1.93. The summed E-state index contributed by atoms with van der Waals surface area (Å²) in [5.74, 6) is -3.07. The van der Waals surface area contributed by atoms with Crippen molar-refractivity contribution in [3.63, 3.8) is 0 Å². The van der Waals surface area contributed by atoms with Crippen LogP contribution in [-0.4, -0.2) is 106 Å². The van der Waals surface area contributed by atoms with Crippen LogP contribution in [0, 0.1) is 25.2 Å². The molecule has 0 aliphatic rings. The number of phenolic OH excluding ortho intramolecular Hbond substituents is 1. The van der Waals surface area contributed by atoms with Gasteiger partial charge in [0.25, 0.3) is 45.6 Å². The number of aromatic nitrogens is 4. The van der Waals surface area contributed by atoms with Gasteiger partial charge in [0, 0.05) is 28.2 Å². The summed E-state index contributed by atoms with van der Waals surface area (Å²) in [6.45, 7) is 2.59. The van der Waals surface area contributed by atoms with Crippen LogP contribution in [-0.2, 0) is 40.5 Å². The van der Waals surface area contributed by atoms with Crippen LogP contribution in [0.25, 0.3) is 27.5 Å². The number of azo groups is 3. The number of nitrogens with zero attached hydrogens (tertiary/aromatic N) is 11. The number of hydrogen-bond donors (Lipinski definition) is 6. The van der Waals surface area contributed by atoms with Gasteiger partial charge in [-0.05, 0) is 62.2 Å². The van der Waals surface area contributed by atoms with Crippen molar-refractivity contribution in [1.29, 1.82) is 5.26 Å². The highest BCUT2D eigenvalue weighted by molar-refractivity contribution is 8.01. The molecule has 0 bridgehead atoms. The monoisotopic (exact) mass is 1060 g/mol. The number of fused-ring (bicyclic) bond motifs is 4. The van der Waals surface area contributed by atoms with Crippen molar-refractivity contribution < 1.29 is 66.8 Å². The Kier molecular flexibility index (Phi) is 14.1. The zero-order valence-electron chi connectivity index (χ0n) is 35.0. The maximum Gasteiger partial charge on any atom is 0.297 e. The van der Waals surface area contributed by atoms with Crippen molar-refractivity contribution >= 4 is 125 Å². The van der Waals surface area contributed by atoms with Gasteiger partial charge in [0.05, 0.1) is 34.8 Å². The van der Waals surface area contributed by atoms with Crippen molar-refractivity contribution in [2.24, 2.45) is 30.7 Å². The molecule has 7 rings (SSSR count). The third kappa shape index (κ3) is 11.3. The summed E-state index contributed by atoms with van der Waals surface area (Å²) in [5, 5.41) is 63.5. The van der Waals surface area contributed by atoms with Crippen molar-refractivity contribution in [3.8, 4) is 23.4 Å². The zero-order valence-corrected chi connectivity index (χ0v) is 39.9. The minimum Gasteiger partial charge on any atom is -0.505 e. The van der Waals surface area contributed by atoms with E-state index in [4.69, 9.17) is 9.29 Å². The Bertz CT molecular complexity index is 3850. The Morgan fingerprint density at radius 2 is 1.45 bits per heavy atom. The first kappa shape index (κ1) is 50.2. The summed E-state index contributed by atoms with van der Waals surface area (Å²) in [7, 11) is -19.5. The summed E-state index contributed by atoms with van der Waals surface area (Å²) in [5.41, 5.74) is -0.740. The number of aromatic hydroxyl groups is 2. The highest BCUT2D eigenvalue weighted by Crippen LogP contribution is 2.47. The number of nitriles is 1. The number of thioether (sulfide) groups is 1.